The molecule has 0 heterocycles. The Morgan fingerprint density at radius 2 is 1.72 bits per heavy atom. The topological polar surface area (TPSA) is 54.4 Å². The Morgan fingerprint density at radius 3 is 2.33 bits per heavy atom. The molecule has 4 heteroatoms. The van der Waals surface area contributed by atoms with E-state index in [1.807, 2.05) is 31.2 Å². The van der Waals surface area contributed by atoms with Gasteiger partial charge in [0.2, 0.25) is 0 Å². The van der Waals surface area contributed by atoms with Gasteiger partial charge in [-0.2, -0.15) is 0 Å². The number of carboxylic acid groups (broad SMARTS) is 1. The van der Waals surface area contributed by atoms with Crippen LogP contribution in [-0.4, -0.2) is 16.2 Å². The van der Waals surface area contributed by atoms with Crippen LogP contribution < -0.4 is 0 Å². The van der Waals surface area contributed by atoms with Gasteiger partial charge in [0.25, 0.3) is 0 Å². The van der Waals surface area contributed by atoms with Gasteiger partial charge in [-0.3, -0.25) is 9.59 Å². The number of carbonyl (C=O) groups excluding carboxylic acids is 1. The van der Waals surface area contributed by atoms with Crippen molar-refractivity contribution in [3.63, 3.8) is 0 Å². The predicted molar refractivity (Wildman–Crippen MR) is 73.6 cm³/mol. The molecule has 0 aliphatic rings. The number of carboxylic acids is 1. The van der Waals surface area contributed by atoms with Gasteiger partial charge in [0.15, 0.2) is 5.12 Å². The normalized spacial score (nSPS) is 10.3. The Balaban J connectivity index is 2.17. The third-order valence-electron chi connectivity index (χ3n) is 2.54. The maximum Gasteiger partial charge on any atom is 0.303 e. The van der Waals surface area contributed by atoms with Crippen LogP contribution in [0.4, 0.5) is 0 Å². The fraction of sp³-hybridized carbons (Fsp3) is 0.429. The largest absolute Gasteiger partial charge is 0.481 e. The lowest BCUT2D eigenvalue weighted by Crippen LogP contribution is -1.97. The number of aliphatic carboxylic acids is 1. The Hall–Kier alpha value is -1.29. The van der Waals surface area contributed by atoms with Crippen LogP contribution in [0, 0.1) is 6.92 Å². The van der Waals surface area contributed by atoms with Crippen molar-refractivity contribution in [1.29, 1.82) is 0 Å². The summed E-state index contributed by atoms with van der Waals surface area (Å²) < 4.78 is 0. The van der Waals surface area contributed by atoms with Crippen LogP contribution in [-0.2, 0) is 15.3 Å². The molecule has 0 spiro atoms. The predicted octanol–water partition coefficient (Wildman–Crippen LogP) is 3.40. The van der Waals surface area contributed by atoms with Gasteiger partial charge in [0.1, 0.15) is 0 Å². The monoisotopic (exact) mass is 266 g/mol. The van der Waals surface area contributed by atoms with Gasteiger partial charge in [-0.25, -0.2) is 0 Å². The lowest BCUT2D eigenvalue weighted by Gasteiger charge is -2.02. The molecule has 0 unspecified atom stereocenters. The second kappa shape index (κ2) is 7.93. The summed E-state index contributed by atoms with van der Waals surface area (Å²) in [6, 6.07) is 8.13. The molecule has 0 radical (unpaired) electrons. The van der Waals surface area contributed by atoms with Gasteiger partial charge in [0, 0.05) is 18.6 Å². The van der Waals surface area contributed by atoms with Crippen molar-refractivity contribution in [2.45, 2.75) is 38.4 Å². The van der Waals surface area contributed by atoms with Crippen molar-refractivity contribution in [2.75, 3.05) is 0 Å². The number of aryl methyl sites for hydroxylation is 1. The van der Waals surface area contributed by atoms with Gasteiger partial charge in [-0.1, -0.05) is 41.6 Å². The summed E-state index contributed by atoms with van der Waals surface area (Å²) in [4.78, 5) is 21.8. The molecule has 0 fully saturated rings. The number of rotatable bonds is 7. The summed E-state index contributed by atoms with van der Waals surface area (Å²) in [7, 11) is 0. The summed E-state index contributed by atoms with van der Waals surface area (Å²) >= 11 is 1.31. The molecule has 98 valence electrons. The quantitative estimate of drug-likeness (QED) is 0.768. The summed E-state index contributed by atoms with van der Waals surface area (Å²) in [5.74, 6) is -0.104. The van der Waals surface area contributed by atoms with Crippen molar-refractivity contribution in [1.82, 2.24) is 0 Å². The van der Waals surface area contributed by atoms with Crippen LogP contribution in [0.3, 0.4) is 0 Å². The molecule has 0 aliphatic carbocycles. The van der Waals surface area contributed by atoms with Crippen molar-refractivity contribution < 1.29 is 14.7 Å². The fourth-order valence-corrected chi connectivity index (χ4v) is 2.27. The van der Waals surface area contributed by atoms with Crippen LogP contribution in [0.1, 0.15) is 36.8 Å². The molecule has 0 bridgehead atoms. The maximum absolute atomic E-state index is 11.5. The van der Waals surface area contributed by atoms with Crippen molar-refractivity contribution >= 4 is 22.8 Å². The van der Waals surface area contributed by atoms with Gasteiger partial charge in [0.05, 0.1) is 0 Å². The first-order valence-electron chi connectivity index (χ1n) is 6.01. The third-order valence-corrected chi connectivity index (χ3v) is 3.55. The van der Waals surface area contributed by atoms with Crippen LogP contribution in [0.5, 0.6) is 0 Å². The number of carbonyl (C=O) groups is 2. The van der Waals surface area contributed by atoms with Crippen molar-refractivity contribution in [3.8, 4) is 0 Å². The van der Waals surface area contributed by atoms with Crippen LogP contribution in [0.15, 0.2) is 24.3 Å². The Labute approximate surface area is 112 Å². The van der Waals surface area contributed by atoms with E-state index in [2.05, 4.69) is 0 Å². The first-order chi connectivity index (χ1) is 8.58. The van der Waals surface area contributed by atoms with Crippen LogP contribution >= 0.6 is 11.8 Å². The molecule has 0 amide bonds. The summed E-state index contributed by atoms with van der Waals surface area (Å²) in [5.41, 5.74) is 2.35. The zero-order chi connectivity index (χ0) is 13.4. The molecular weight excluding hydrogens is 248 g/mol. The highest BCUT2D eigenvalue weighted by Gasteiger charge is 2.04. The highest BCUT2D eigenvalue weighted by Crippen LogP contribution is 2.16. The summed E-state index contributed by atoms with van der Waals surface area (Å²) in [6.45, 7) is 2.03. The lowest BCUT2D eigenvalue weighted by atomic mass is 10.2. The molecule has 1 aromatic carbocycles. The molecule has 1 aromatic rings. The summed E-state index contributed by atoms with van der Waals surface area (Å²) in [6.07, 6.45) is 1.85. The van der Waals surface area contributed by atoms with Gasteiger partial charge in [-0.05, 0) is 25.3 Å². The summed E-state index contributed by atoms with van der Waals surface area (Å²) in [5, 5.41) is 8.60. The highest BCUT2D eigenvalue weighted by atomic mass is 32.2. The van der Waals surface area contributed by atoms with E-state index in [-0.39, 0.29) is 11.5 Å². The second-order valence-electron chi connectivity index (χ2n) is 4.25. The molecule has 0 saturated heterocycles. The Morgan fingerprint density at radius 1 is 1.11 bits per heavy atom. The number of benzene rings is 1. The zero-order valence-corrected chi connectivity index (χ0v) is 11.3. The van der Waals surface area contributed by atoms with E-state index in [0.29, 0.717) is 25.0 Å². The van der Waals surface area contributed by atoms with E-state index in [9.17, 15) is 9.59 Å². The minimum Gasteiger partial charge on any atom is -0.481 e. The highest BCUT2D eigenvalue weighted by molar-refractivity contribution is 8.12. The van der Waals surface area contributed by atoms with Gasteiger partial charge in [-0.15, -0.1) is 0 Å². The molecule has 0 aromatic heterocycles. The van der Waals surface area contributed by atoms with Crippen LogP contribution in [0.2, 0.25) is 0 Å². The third kappa shape index (κ3) is 6.45. The van der Waals surface area contributed by atoms with E-state index in [4.69, 9.17) is 5.11 Å². The number of thioether (sulfide) groups is 1. The molecule has 0 atom stereocenters. The average Bonchev–Trinajstić information content (AvgIpc) is 2.34. The van der Waals surface area contributed by atoms with E-state index >= 15 is 0 Å². The van der Waals surface area contributed by atoms with E-state index < -0.39 is 5.97 Å². The molecule has 1 N–H and O–H groups in total. The van der Waals surface area contributed by atoms with Gasteiger partial charge < -0.3 is 5.11 Å². The van der Waals surface area contributed by atoms with Gasteiger partial charge >= 0.3 is 5.97 Å². The maximum atomic E-state index is 11.5. The lowest BCUT2D eigenvalue weighted by molar-refractivity contribution is -0.137. The number of unbranched alkanes of at least 4 members (excludes halogenated alkanes) is 1. The van der Waals surface area contributed by atoms with Crippen LogP contribution in [0.25, 0.3) is 0 Å². The molecule has 1 rings (SSSR count). The van der Waals surface area contributed by atoms with E-state index in [1.54, 1.807) is 0 Å². The molecule has 0 aliphatic heterocycles. The van der Waals surface area contributed by atoms with E-state index in [1.165, 1.54) is 17.3 Å². The van der Waals surface area contributed by atoms with E-state index in [0.717, 1.165) is 5.56 Å². The smallest absolute Gasteiger partial charge is 0.303 e. The first-order valence-corrected chi connectivity index (χ1v) is 6.99. The molecule has 18 heavy (non-hydrogen) atoms. The second-order valence-corrected chi connectivity index (χ2v) is 5.28. The minimum absolute atomic E-state index is 0.140. The average molecular weight is 266 g/mol. The fourth-order valence-electron chi connectivity index (χ4n) is 1.47. The molecular formula is C14H18O3S. The SMILES string of the molecule is Cc1ccc(CSC(=O)CCCCC(=O)O)cc1. The van der Waals surface area contributed by atoms with Crippen molar-refractivity contribution in [3.05, 3.63) is 35.4 Å². The standard InChI is InChI=1S/C14H18O3S/c1-11-6-8-12(9-7-11)10-18-14(17)5-3-2-4-13(15)16/h6-9H,2-5,10H2,1H3,(H,15,16). The Bertz CT molecular complexity index is 398. The number of hydrogen-bond donors (Lipinski definition) is 1. The number of hydrogen-bond acceptors (Lipinski definition) is 3. The Kier molecular flexibility index (Phi) is 6.50. The minimum atomic E-state index is -0.797. The molecule has 0 saturated carbocycles. The molecule has 3 nitrogen and oxygen atoms in total. The first kappa shape index (κ1) is 14.8. The zero-order valence-electron chi connectivity index (χ0n) is 10.5. The van der Waals surface area contributed by atoms with Crippen molar-refractivity contribution in [2.24, 2.45) is 0 Å².